The topological polar surface area (TPSA) is 38.8 Å². The molecule has 0 spiro atoms. The third-order valence-corrected chi connectivity index (χ3v) is 4.75. The van der Waals surface area contributed by atoms with Crippen molar-refractivity contribution in [2.45, 2.75) is 63.1 Å². The minimum absolute atomic E-state index is 0.128. The molecule has 1 aliphatic rings. The van der Waals surface area contributed by atoms with Gasteiger partial charge in [-0.2, -0.15) is 0 Å². The van der Waals surface area contributed by atoms with Crippen molar-refractivity contribution in [3.05, 3.63) is 0 Å². The standard InChI is InChI=1S/C15H28INO3/c1-6-11(7-2)10-19-13-9-17(8-12(13)16)14(18)20-15(3,4)5/h11-13H,6-10H2,1-5H3. The van der Waals surface area contributed by atoms with Gasteiger partial charge in [-0.25, -0.2) is 4.79 Å². The van der Waals surface area contributed by atoms with Crippen LogP contribution in [0.15, 0.2) is 0 Å². The van der Waals surface area contributed by atoms with Crippen molar-refractivity contribution in [2.24, 2.45) is 5.92 Å². The molecule has 1 fully saturated rings. The molecule has 0 radical (unpaired) electrons. The zero-order chi connectivity index (χ0) is 15.3. The Labute approximate surface area is 136 Å². The third kappa shape index (κ3) is 5.76. The molecular formula is C15H28INO3. The van der Waals surface area contributed by atoms with Crippen LogP contribution in [-0.4, -0.2) is 46.3 Å². The van der Waals surface area contributed by atoms with E-state index in [2.05, 4.69) is 36.4 Å². The fraction of sp³-hybridized carbons (Fsp3) is 0.933. The summed E-state index contributed by atoms with van der Waals surface area (Å²) in [6.07, 6.45) is 2.19. The normalized spacial score (nSPS) is 23.4. The van der Waals surface area contributed by atoms with E-state index < -0.39 is 5.60 Å². The highest BCUT2D eigenvalue weighted by molar-refractivity contribution is 14.1. The maximum absolute atomic E-state index is 12.0. The van der Waals surface area contributed by atoms with Crippen molar-refractivity contribution in [2.75, 3.05) is 19.7 Å². The lowest BCUT2D eigenvalue weighted by atomic mass is 10.1. The van der Waals surface area contributed by atoms with E-state index in [0.717, 1.165) is 19.4 Å². The number of amides is 1. The van der Waals surface area contributed by atoms with Crippen LogP contribution in [0, 0.1) is 5.92 Å². The number of ether oxygens (including phenoxy) is 2. The Morgan fingerprint density at radius 3 is 2.40 bits per heavy atom. The summed E-state index contributed by atoms with van der Waals surface area (Å²) in [5.41, 5.74) is -0.438. The quantitative estimate of drug-likeness (QED) is 0.523. The van der Waals surface area contributed by atoms with Gasteiger partial charge in [-0.3, -0.25) is 0 Å². The monoisotopic (exact) mass is 397 g/mol. The van der Waals surface area contributed by atoms with Crippen LogP contribution in [0.5, 0.6) is 0 Å². The van der Waals surface area contributed by atoms with Gasteiger partial charge in [0.25, 0.3) is 0 Å². The van der Waals surface area contributed by atoms with E-state index in [-0.39, 0.29) is 12.2 Å². The van der Waals surface area contributed by atoms with Crippen LogP contribution >= 0.6 is 22.6 Å². The van der Waals surface area contributed by atoms with Crippen LogP contribution in [0.2, 0.25) is 0 Å². The molecule has 2 atom stereocenters. The summed E-state index contributed by atoms with van der Waals surface area (Å²) >= 11 is 2.38. The molecule has 0 aliphatic carbocycles. The number of likely N-dealkylation sites (tertiary alicyclic amines) is 1. The number of carbonyl (C=O) groups is 1. The molecule has 0 saturated carbocycles. The summed E-state index contributed by atoms with van der Waals surface area (Å²) in [6, 6.07) is 0. The van der Waals surface area contributed by atoms with Crippen molar-refractivity contribution < 1.29 is 14.3 Å². The lowest BCUT2D eigenvalue weighted by Crippen LogP contribution is -2.36. The molecule has 2 unspecified atom stereocenters. The molecule has 5 heteroatoms. The maximum Gasteiger partial charge on any atom is 0.410 e. The van der Waals surface area contributed by atoms with Crippen molar-refractivity contribution in [3.63, 3.8) is 0 Å². The Kier molecular flexibility index (Phi) is 7.04. The van der Waals surface area contributed by atoms with Gasteiger partial charge in [0, 0.05) is 13.2 Å². The van der Waals surface area contributed by atoms with E-state index in [4.69, 9.17) is 9.47 Å². The number of alkyl halides is 1. The van der Waals surface area contributed by atoms with E-state index in [0.29, 0.717) is 22.9 Å². The van der Waals surface area contributed by atoms with E-state index in [1.54, 1.807) is 4.90 Å². The number of hydrogen-bond donors (Lipinski definition) is 0. The largest absolute Gasteiger partial charge is 0.444 e. The molecule has 0 aromatic heterocycles. The van der Waals surface area contributed by atoms with Gasteiger partial charge in [-0.15, -0.1) is 0 Å². The number of halogens is 1. The minimum Gasteiger partial charge on any atom is -0.444 e. The average Bonchev–Trinajstić information content (AvgIpc) is 2.70. The van der Waals surface area contributed by atoms with E-state index in [9.17, 15) is 4.79 Å². The van der Waals surface area contributed by atoms with Crippen LogP contribution in [-0.2, 0) is 9.47 Å². The van der Waals surface area contributed by atoms with Crippen molar-refractivity contribution in [1.29, 1.82) is 0 Å². The molecule has 1 heterocycles. The van der Waals surface area contributed by atoms with Crippen LogP contribution in [0.4, 0.5) is 4.79 Å². The summed E-state index contributed by atoms with van der Waals surface area (Å²) in [5.74, 6) is 0.620. The Balaban J connectivity index is 2.44. The van der Waals surface area contributed by atoms with E-state index in [1.807, 2.05) is 20.8 Å². The number of rotatable bonds is 5. The van der Waals surface area contributed by atoms with Gasteiger partial charge >= 0.3 is 6.09 Å². The summed E-state index contributed by atoms with van der Waals surface area (Å²) in [4.78, 5) is 13.8. The smallest absolute Gasteiger partial charge is 0.410 e. The van der Waals surface area contributed by atoms with Gasteiger partial charge in [0.05, 0.1) is 16.6 Å². The average molecular weight is 397 g/mol. The highest BCUT2D eigenvalue weighted by Crippen LogP contribution is 2.24. The molecule has 0 N–H and O–H groups in total. The molecule has 1 amide bonds. The summed E-state index contributed by atoms with van der Waals surface area (Å²) in [6.45, 7) is 12.2. The Morgan fingerprint density at radius 2 is 1.90 bits per heavy atom. The number of hydrogen-bond acceptors (Lipinski definition) is 3. The van der Waals surface area contributed by atoms with E-state index >= 15 is 0 Å². The molecule has 0 aromatic carbocycles. The highest BCUT2D eigenvalue weighted by atomic mass is 127. The zero-order valence-corrected chi connectivity index (χ0v) is 15.5. The van der Waals surface area contributed by atoms with Crippen LogP contribution < -0.4 is 0 Å². The number of nitrogens with zero attached hydrogens (tertiary/aromatic N) is 1. The van der Waals surface area contributed by atoms with Crippen molar-refractivity contribution >= 4 is 28.7 Å². The van der Waals surface area contributed by atoms with Gasteiger partial charge in [-0.05, 0) is 26.7 Å². The van der Waals surface area contributed by atoms with Crippen LogP contribution in [0.1, 0.15) is 47.5 Å². The van der Waals surface area contributed by atoms with Crippen LogP contribution in [0.3, 0.4) is 0 Å². The molecule has 118 valence electrons. The lowest BCUT2D eigenvalue weighted by molar-refractivity contribution is 0.0156. The third-order valence-electron chi connectivity index (χ3n) is 3.55. The zero-order valence-electron chi connectivity index (χ0n) is 13.3. The van der Waals surface area contributed by atoms with Gasteiger partial charge < -0.3 is 14.4 Å². The Morgan fingerprint density at radius 1 is 1.30 bits per heavy atom. The SMILES string of the molecule is CCC(CC)COC1CN(C(=O)OC(C)(C)C)CC1I. The van der Waals surface area contributed by atoms with Gasteiger partial charge in [0.15, 0.2) is 0 Å². The minimum atomic E-state index is -0.438. The lowest BCUT2D eigenvalue weighted by Gasteiger charge is -2.24. The first-order chi connectivity index (χ1) is 9.26. The van der Waals surface area contributed by atoms with Gasteiger partial charge in [-0.1, -0.05) is 49.3 Å². The molecule has 1 saturated heterocycles. The second kappa shape index (κ2) is 7.82. The highest BCUT2D eigenvalue weighted by Gasteiger charge is 2.36. The Hall–Kier alpha value is -0.0400. The Bertz CT molecular complexity index is 313. The molecule has 0 bridgehead atoms. The maximum atomic E-state index is 12.0. The van der Waals surface area contributed by atoms with Crippen molar-refractivity contribution in [3.8, 4) is 0 Å². The summed E-state index contributed by atoms with van der Waals surface area (Å²) in [7, 11) is 0. The molecule has 20 heavy (non-hydrogen) atoms. The molecule has 1 aliphatic heterocycles. The first-order valence-corrected chi connectivity index (χ1v) is 8.75. The second-order valence-electron chi connectivity index (χ2n) is 6.46. The predicted molar refractivity (Wildman–Crippen MR) is 89.4 cm³/mol. The first kappa shape index (κ1) is 18.0. The fourth-order valence-electron chi connectivity index (χ4n) is 2.15. The predicted octanol–water partition coefficient (Wildman–Crippen LogP) is 3.86. The fourth-order valence-corrected chi connectivity index (χ4v) is 3.06. The van der Waals surface area contributed by atoms with Crippen LogP contribution in [0.25, 0.3) is 0 Å². The second-order valence-corrected chi connectivity index (χ2v) is 8.06. The van der Waals surface area contributed by atoms with Crippen molar-refractivity contribution in [1.82, 2.24) is 4.90 Å². The summed E-state index contributed by atoms with van der Waals surface area (Å²) in [5, 5.41) is 0. The summed E-state index contributed by atoms with van der Waals surface area (Å²) < 4.78 is 11.8. The van der Waals surface area contributed by atoms with Gasteiger partial charge in [0.1, 0.15) is 5.60 Å². The van der Waals surface area contributed by atoms with Gasteiger partial charge in [0.2, 0.25) is 0 Å². The van der Waals surface area contributed by atoms with E-state index in [1.165, 1.54) is 0 Å². The molecular weight excluding hydrogens is 369 g/mol. The molecule has 4 nitrogen and oxygen atoms in total. The number of carbonyl (C=O) groups excluding carboxylic acids is 1. The first-order valence-electron chi connectivity index (χ1n) is 7.50. The molecule has 0 aromatic rings. The molecule has 1 rings (SSSR count).